The Morgan fingerprint density at radius 3 is 1.42 bits per heavy atom. The van der Waals surface area contributed by atoms with Crippen LogP contribution in [0.2, 0.25) is 0 Å². The molecule has 1 fully saturated rings. The van der Waals surface area contributed by atoms with Crippen molar-refractivity contribution in [2.45, 2.75) is 67.2 Å². The maximum absolute atomic E-state index is 12.1. The molecule has 1 rings (SSSR count). The second-order valence-electron chi connectivity index (χ2n) is 7.17. The van der Waals surface area contributed by atoms with Gasteiger partial charge in [0.1, 0.15) is 0 Å². The van der Waals surface area contributed by atoms with E-state index in [9.17, 15) is 9.59 Å². The zero-order chi connectivity index (χ0) is 14.8. The molecule has 0 amide bonds. The number of ether oxygens (including phenoxy) is 1. The molecule has 3 nitrogen and oxygen atoms in total. The molecule has 0 radical (unpaired) electrons. The third kappa shape index (κ3) is 3.18. The van der Waals surface area contributed by atoms with E-state index in [1.54, 1.807) is 0 Å². The van der Waals surface area contributed by atoms with Gasteiger partial charge in [0.2, 0.25) is 0 Å². The minimum absolute atomic E-state index is 0.187. The van der Waals surface area contributed by atoms with Crippen LogP contribution < -0.4 is 0 Å². The van der Waals surface area contributed by atoms with Gasteiger partial charge in [-0.3, -0.25) is 9.59 Å². The molecule has 0 aromatic carbocycles. The van der Waals surface area contributed by atoms with Gasteiger partial charge in [-0.2, -0.15) is 0 Å². The van der Waals surface area contributed by atoms with Gasteiger partial charge >= 0.3 is 11.9 Å². The fourth-order valence-electron chi connectivity index (χ4n) is 3.64. The van der Waals surface area contributed by atoms with Crippen LogP contribution in [0.4, 0.5) is 0 Å². The van der Waals surface area contributed by atoms with Crippen molar-refractivity contribution in [3.05, 3.63) is 0 Å². The Kier molecular flexibility index (Phi) is 4.81. The molecular formula is C16H28O3. The topological polar surface area (TPSA) is 43.4 Å². The lowest BCUT2D eigenvalue weighted by Crippen LogP contribution is -2.40. The first kappa shape index (κ1) is 16.2. The summed E-state index contributed by atoms with van der Waals surface area (Å²) in [6, 6.07) is 0. The first-order valence-electron chi connectivity index (χ1n) is 7.43. The van der Waals surface area contributed by atoms with Gasteiger partial charge < -0.3 is 4.74 Å². The highest BCUT2D eigenvalue weighted by Gasteiger charge is 2.56. The van der Waals surface area contributed by atoms with Gasteiger partial charge in [0, 0.05) is 0 Å². The van der Waals surface area contributed by atoms with E-state index in [2.05, 4.69) is 41.5 Å². The highest BCUT2D eigenvalue weighted by molar-refractivity contribution is 5.97. The first-order valence-corrected chi connectivity index (χ1v) is 7.43. The lowest BCUT2D eigenvalue weighted by molar-refractivity contribution is -0.155. The minimum Gasteiger partial charge on any atom is -0.393 e. The van der Waals surface area contributed by atoms with Gasteiger partial charge in [-0.1, -0.05) is 54.4 Å². The molecule has 0 aromatic rings. The van der Waals surface area contributed by atoms with Gasteiger partial charge in [0.05, 0.1) is 11.8 Å². The Labute approximate surface area is 117 Å². The van der Waals surface area contributed by atoms with Crippen molar-refractivity contribution >= 4 is 11.9 Å². The number of carbonyl (C=O) groups is 2. The van der Waals surface area contributed by atoms with Gasteiger partial charge in [-0.25, -0.2) is 0 Å². The van der Waals surface area contributed by atoms with Crippen LogP contribution in [-0.4, -0.2) is 11.9 Å². The summed E-state index contributed by atoms with van der Waals surface area (Å²) in [5.74, 6) is -1.25. The van der Waals surface area contributed by atoms with E-state index in [0.717, 1.165) is 25.7 Å². The van der Waals surface area contributed by atoms with Crippen LogP contribution in [0.1, 0.15) is 67.2 Å². The van der Waals surface area contributed by atoms with Crippen LogP contribution >= 0.6 is 0 Å². The molecule has 0 saturated carbocycles. The first-order chi connectivity index (χ1) is 8.67. The molecule has 2 atom stereocenters. The number of rotatable bonds is 6. The van der Waals surface area contributed by atoms with Crippen LogP contribution in [0.5, 0.6) is 0 Å². The molecular weight excluding hydrogens is 240 g/mol. The van der Waals surface area contributed by atoms with Gasteiger partial charge in [-0.15, -0.1) is 0 Å². The Morgan fingerprint density at radius 2 is 1.16 bits per heavy atom. The Hall–Kier alpha value is -0.860. The van der Waals surface area contributed by atoms with Crippen molar-refractivity contribution in [3.8, 4) is 0 Å². The smallest absolute Gasteiger partial charge is 0.318 e. The minimum atomic E-state index is -0.322. The van der Waals surface area contributed by atoms with E-state index in [4.69, 9.17) is 4.74 Å². The Morgan fingerprint density at radius 1 is 0.842 bits per heavy atom. The highest BCUT2D eigenvalue weighted by Crippen LogP contribution is 2.50. The number of esters is 2. The summed E-state index contributed by atoms with van der Waals surface area (Å²) < 4.78 is 4.97. The van der Waals surface area contributed by atoms with Crippen LogP contribution in [-0.2, 0) is 14.3 Å². The average molecular weight is 268 g/mol. The quantitative estimate of drug-likeness (QED) is 0.541. The molecule has 0 spiro atoms. The third-order valence-electron chi connectivity index (χ3n) is 4.51. The molecule has 0 bridgehead atoms. The van der Waals surface area contributed by atoms with E-state index in [1.807, 2.05) is 0 Å². The summed E-state index contributed by atoms with van der Waals surface area (Å²) in [6.45, 7) is 12.5. The molecule has 2 unspecified atom stereocenters. The monoisotopic (exact) mass is 268 g/mol. The van der Waals surface area contributed by atoms with Crippen LogP contribution in [0.15, 0.2) is 0 Å². The number of hydrogen-bond acceptors (Lipinski definition) is 3. The number of cyclic esters (lactones) is 2. The molecule has 1 saturated heterocycles. The molecule has 110 valence electrons. The van der Waals surface area contributed by atoms with Crippen molar-refractivity contribution in [1.82, 2.24) is 0 Å². The lowest BCUT2D eigenvalue weighted by atomic mass is 9.61. The van der Waals surface area contributed by atoms with Gasteiger partial charge in [-0.05, 0) is 23.7 Å². The fraction of sp³-hybridized carbons (Fsp3) is 0.875. The molecule has 0 aliphatic carbocycles. The molecule has 0 aromatic heterocycles. The van der Waals surface area contributed by atoms with E-state index >= 15 is 0 Å². The summed E-state index contributed by atoms with van der Waals surface area (Å²) in [6.07, 6.45) is 3.87. The zero-order valence-electron chi connectivity index (χ0n) is 13.2. The largest absolute Gasteiger partial charge is 0.393 e. The van der Waals surface area contributed by atoms with E-state index < -0.39 is 0 Å². The summed E-state index contributed by atoms with van der Waals surface area (Å²) in [5.41, 5.74) is -0.374. The second kappa shape index (κ2) is 5.64. The Bertz CT molecular complexity index is 321. The lowest BCUT2D eigenvalue weighted by Gasteiger charge is -2.38. The van der Waals surface area contributed by atoms with Crippen LogP contribution in [0, 0.1) is 22.7 Å². The summed E-state index contributed by atoms with van der Waals surface area (Å²) >= 11 is 0. The highest BCUT2D eigenvalue weighted by atomic mass is 16.6. The predicted octanol–water partition coefficient (Wildman–Crippen LogP) is 3.95. The number of carbonyl (C=O) groups excluding carboxylic acids is 2. The molecule has 1 heterocycles. The van der Waals surface area contributed by atoms with E-state index in [1.165, 1.54) is 0 Å². The average Bonchev–Trinajstić information content (AvgIpc) is 2.54. The molecule has 3 heteroatoms. The zero-order valence-corrected chi connectivity index (χ0v) is 13.2. The van der Waals surface area contributed by atoms with E-state index in [0.29, 0.717) is 0 Å². The maximum atomic E-state index is 12.1. The van der Waals surface area contributed by atoms with Crippen molar-refractivity contribution in [1.29, 1.82) is 0 Å². The van der Waals surface area contributed by atoms with Crippen molar-refractivity contribution in [2.75, 3.05) is 0 Å². The summed E-state index contributed by atoms with van der Waals surface area (Å²) in [5, 5.41) is 0. The molecule has 1 aliphatic heterocycles. The second-order valence-corrected chi connectivity index (χ2v) is 7.17. The molecule has 0 N–H and O–H groups in total. The van der Waals surface area contributed by atoms with Crippen molar-refractivity contribution < 1.29 is 14.3 Å². The molecule has 1 aliphatic rings. The number of hydrogen-bond donors (Lipinski definition) is 0. The Balaban J connectivity index is 3.12. The molecule has 19 heavy (non-hydrogen) atoms. The standard InChI is InChI=1S/C16H28O3/c1-7-9-15(3,4)11-12(14(18)19-13(11)17)16(5,6)10-8-2/h11-12H,7-10H2,1-6H3. The van der Waals surface area contributed by atoms with Crippen LogP contribution in [0.3, 0.4) is 0 Å². The summed E-state index contributed by atoms with van der Waals surface area (Å²) in [4.78, 5) is 24.2. The van der Waals surface area contributed by atoms with E-state index in [-0.39, 0.29) is 34.6 Å². The van der Waals surface area contributed by atoms with Gasteiger partial charge in [0.25, 0.3) is 0 Å². The maximum Gasteiger partial charge on any atom is 0.318 e. The predicted molar refractivity (Wildman–Crippen MR) is 75.5 cm³/mol. The summed E-state index contributed by atoms with van der Waals surface area (Å²) in [7, 11) is 0. The fourth-order valence-corrected chi connectivity index (χ4v) is 3.64. The SMILES string of the molecule is CCCC(C)(C)C1C(=O)OC(=O)C1C(C)(C)CCC. The van der Waals surface area contributed by atoms with Crippen molar-refractivity contribution in [3.63, 3.8) is 0 Å². The van der Waals surface area contributed by atoms with Gasteiger partial charge in [0.15, 0.2) is 0 Å². The van der Waals surface area contributed by atoms with Crippen molar-refractivity contribution in [2.24, 2.45) is 22.7 Å². The van der Waals surface area contributed by atoms with Crippen LogP contribution in [0.25, 0.3) is 0 Å². The normalized spacial score (nSPS) is 24.7. The third-order valence-corrected chi connectivity index (χ3v) is 4.51.